The van der Waals surface area contributed by atoms with Gasteiger partial charge in [0.2, 0.25) is 0 Å². The zero-order valence-corrected chi connectivity index (χ0v) is 13.2. The lowest BCUT2D eigenvalue weighted by Gasteiger charge is -2.04. The van der Waals surface area contributed by atoms with Crippen molar-refractivity contribution in [3.05, 3.63) is 68.7 Å². The molecule has 0 aliphatic heterocycles. The molecule has 2 rings (SSSR count). The lowest BCUT2D eigenvalue weighted by atomic mass is 10.1. The lowest BCUT2D eigenvalue weighted by molar-refractivity contribution is 0.0955. The van der Waals surface area contributed by atoms with Crippen LogP contribution in [0, 0.1) is 13.8 Å². The van der Waals surface area contributed by atoms with Gasteiger partial charge in [-0.15, -0.1) is 0 Å². The van der Waals surface area contributed by atoms with Gasteiger partial charge in [-0.05, 0) is 49.2 Å². The van der Waals surface area contributed by atoms with Crippen molar-refractivity contribution in [1.82, 2.24) is 5.43 Å². The molecule has 2 aromatic rings. The highest BCUT2D eigenvalue weighted by atomic mass is 35.5. The van der Waals surface area contributed by atoms with Gasteiger partial charge in [-0.25, -0.2) is 5.43 Å². The second-order valence-electron chi connectivity index (χ2n) is 4.66. The standard InChI is InChI=1S/C16H14Cl2N2O/c1-10-3-4-12(7-11(10)2)16(21)20-19-9-13-5-6-14(17)8-15(13)18/h3-9H,1-2H3,(H,20,21). The summed E-state index contributed by atoms with van der Waals surface area (Å²) >= 11 is 11.8. The lowest BCUT2D eigenvalue weighted by Crippen LogP contribution is -2.17. The highest BCUT2D eigenvalue weighted by Gasteiger charge is 2.05. The third-order valence-electron chi connectivity index (χ3n) is 3.10. The number of amides is 1. The largest absolute Gasteiger partial charge is 0.271 e. The normalized spacial score (nSPS) is 10.9. The molecule has 108 valence electrons. The summed E-state index contributed by atoms with van der Waals surface area (Å²) in [4.78, 5) is 12.0. The van der Waals surface area contributed by atoms with Gasteiger partial charge in [0.15, 0.2) is 0 Å². The van der Waals surface area contributed by atoms with Crippen molar-refractivity contribution in [3.8, 4) is 0 Å². The molecule has 0 aliphatic rings. The van der Waals surface area contributed by atoms with E-state index in [0.29, 0.717) is 21.2 Å². The Morgan fingerprint density at radius 2 is 1.86 bits per heavy atom. The average molecular weight is 321 g/mol. The summed E-state index contributed by atoms with van der Waals surface area (Å²) in [6.45, 7) is 3.96. The summed E-state index contributed by atoms with van der Waals surface area (Å²) in [6.07, 6.45) is 1.48. The molecule has 0 heterocycles. The molecule has 3 nitrogen and oxygen atoms in total. The molecule has 0 bridgehead atoms. The minimum Gasteiger partial charge on any atom is -0.267 e. The molecule has 0 atom stereocenters. The fourth-order valence-electron chi connectivity index (χ4n) is 1.71. The van der Waals surface area contributed by atoms with Gasteiger partial charge in [0.1, 0.15) is 0 Å². The molecule has 1 amide bonds. The van der Waals surface area contributed by atoms with E-state index in [0.717, 1.165) is 11.1 Å². The Kier molecular flexibility index (Phi) is 4.99. The van der Waals surface area contributed by atoms with Crippen molar-refractivity contribution in [2.75, 3.05) is 0 Å². The van der Waals surface area contributed by atoms with Crippen molar-refractivity contribution in [2.24, 2.45) is 5.10 Å². The monoisotopic (exact) mass is 320 g/mol. The van der Waals surface area contributed by atoms with E-state index >= 15 is 0 Å². The first-order valence-corrected chi connectivity index (χ1v) is 7.08. The Bertz CT molecular complexity index is 711. The maximum atomic E-state index is 12.0. The summed E-state index contributed by atoms with van der Waals surface area (Å²) in [7, 11) is 0. The van der Waals surface area contributed by atoms with Gasteiger partial charge in [0.05, 0.1) is 11.2 Å². The Balaban J connectivity index is 2.06. The van der Waals surface area contributed by atoms with Crippen LogP contribution in [-0.4, -0.2) is 12.1 Å². The van der Waals surface area contributed by atoms with Crippen LogP contribution in [0.3, 0.4) is 0 Å². The van der Waals surface area contributed by atoms with Gasteiger partial charge in [-0.1, -0.05) is 35.3 Å². The molecule has 0 radical (unpaired) electrons. The molecule has 1 N–H and O–H groups in total. The second-order valence-corrected chi connectivity index (χ2v) is 5.51. The molecule has 21 heavy (non-hydrogen) atoms. The number of halogens is 2. The smallest absolute Gasteiger partial charge is 0.267 e. The van der Waals surface area contributed by atoms with Crippen LogP contribution in [0.15, 0.2) is 41.5 Å². The Hall–Kier alpha value is -1.84. The van der Waals surface area contributed by atoms with Crippen molar-refractivity contribution in [1.29, 1.82) is 0 Å². The summed E-state index contributed by atoms with van der Waals surface area (Å²) in [5.41, 5.74) is 5.93. The molecule has 0 spiro atoms. The van der Waals surface area contributed by atoms with Gasteiger partial charge in [0, 0.05) is 16.1 Å². The quantitative estimate of drug-likeness (QED) is 0.662. The fourth-order valence-corrected chi connectivity index (χ4v) is 2.17. The number of aryl methyl sites for hydroxylation is 2. The Morgan fingerprint density at radius 1 is 1.10 bits per heavy atom. The van der Waals surface area contributed by atoms with E-state index in [2.05, 4.69) is 10.5 Å². The van der Waals surface area contributed by atoms with Crippen LogP contribution in [0.5, 0.6) is 0 Å². The van der Waals surface area contributed by atoms with Crippen molar-refractivity contribution >= 4 is 35.3 Å². The number of rotatable bonds is 3. The van der Waals surface area contributed by atoms with E-state index in [-0.39, 0.29) is 5.91 Å². The highest BCUT2D eigenvalue weighted by molar-refractivity contribution is 6.36. The van der Waals surface area contributed by atoms with Crippen LogP contribution in [0.2, 0.25) is 10.0 Å². The van der Waals surface area contributed by atoms with Crippen LogP contribution in [0.25, 0.3) is 0 Å². The number of nitrogens with zero attached hydrogens (tertiary/aromatic N) is 1. The third-order valence-corrected chi connectivity index (χ3v) is 3.66. The number of nitrogens with one attached hydrogen (secondary N) is 1. The molecular formula is C16H14Cl2N2O. The van der Waals surface area contributed by atoms with E-state index in [1.165, 1.54) is 6.21 Å². The molecule has 0 unspecified atom stereocenters. The average Bonchev–Trinajstić information content (AvgIpc) is 2.44. The predicted molar refractivity (Wildman–Crippen MR) is 87.4 cm³/mol. The van der Waals surface area contributed by atoms with E-state index in [9.17, 15) is 4.79 Å². The van der Waals surface area contributed by atoms with Crippen LogP contribution < -0.4 is 5.43 Å². The number of benzene rings is 2. The van der Waals surface area contributed by atoms with E-state index in [4.69, 9.17) is 23.2 Å². The first kappa shape index (κ1) is 15.5. The maximum Gasteiger partial charge on any atom is 0.271 e. The van der Waals surface area contributed by atoms with E-state index in [1.807, 2.05) is 26.0 Å². The summed E-state index contributed by atoms with van der Waals surface area (Å²) in [5.74, 6) is -0.264. The van der Waals surface area contributed by atoms with Crippen molar-refractivity contribution in [2.45, 2.75) is 13.8 Å². The predicted octanol–water partition coefficient (Wildman–Crippen LogP) is 4.37. The van der Waals surface area contributed by atoms with E-state index in [1.54, 1.807) is 24.3 Å². The van der Waals surface area contributed by atoms with Crippen LogP contribution >= 0.6 is 23.2 Å². The summed E-state index contributed by atoms with van der Waals surface area (Å²) < 4.78 is 0. The Morgan fingerprint density at radius 3 is 2.52 bits per heavy atom. The molecule has 0 saturated heterocycles. The summed E-state index contributed by atoms with van der Waals surface area (Å²) in [6, 6.07) is 10.6. The zero-order valence-electron chi connectivity index (χ0n) is 11.7. The molecular weight excluding hydrogens is 307 g/mol. The van der Waals surface area contributed by atoms with Crippen molar-refractivity contribution in [3.63, 3.8) is 0 Å². The fraction of sp³-hybridized carbons (Fsp3) is 0.125. The van der Waals surface area contributed by atoms with Crippen LogP contribution in [-0.2, 0) is 0 Å². The highest BCUT2D eigenvalue weighted by Crippen LogP contribution is 2.19. The van der Waals surface area contributed by atoms with Crippen LogP contribution in [0.4, 0.5) is 0 Å². The van der Waals surface area contributed by atoms with Gasteiger partial charge in [-0.3, -0.25) is 4.79 Å². The second kappa shape index (κ2) is 6.74. The van der Waals surface area contributed by atoms with Gasteiger partial charge < -0.3 is 0 Å². The van der Waals surface area contributed by atoms with Gasteiger partial charge in [-0.2, -0.15) is 5.10 Å². The SMILES string of the molecule is Cc1ccc(C(=O)NN=Cc2ccc(Cl)cc2Cl)cc1C. The first-order valence-electron chi connectivity index (χ1n) is 6.33. The first-order chi connectivity index (χ1) is 9.97. The van der Waals surface area contributed by atoms with E-state index < -0.39 is 0 Å². The number of carbonyl (C=O) groups excluding carboxylic acids is 1. The minimum absolute atomic E-state index is 0.264. The topological polar surface area (TPSA) is 41.5 Å². The summed E-state index contributed by atoms with van der Waals surface area (Å²) in [5, 5.41) is 4.94. The third kappa shape index (κ3) is 4.06. The number of hydrogen-bond donors (Lipinski definition) is 1. The zero-order chi connectivity index (χ0) is 15.4. The molecule has 0 aromatic heterocycles. The molecule has 0 saturated carbocycles. The number of carbonyl (C=O) groups is 1. The number of hydrogen-bond acceptors (Lipinski definition) is 2. The van der Waals surface area contributed by atoms with Crippen LogP contribution in [0.1, 0.15) is 27.0 Å². The molecule has 0 fully saturated rings. The van der Waals surface area contributed by atoms with Gasteiger partial charge >= 0.3 is 0 Å². The minimum atomic E-state index is -0.264. The van der Waals surface area contributed by atoms with Gasteiger partial charge in [0.25, 0.3) is 5.91 Å². The molecule has 5 heteroatoms. The van der Waals surface area contributed by atoms with Crippen molar-refractivity contribution < 1.29 is 4.79 Å². The maximum absolute atomic E-state index is 12.0. The molecule has 2 aromatic carbocycles. The Labute approximate surface area is 133 Å². The molecule has 0 aliphatic carbocycles. The number of hydrazone groups is 1.